The van der Waals surface area contributed by atoms with Gasteiger partial charge in [-0.05, 0) is 20.8 Å². The Labute approximate surface area is 120 Å². The summed E-state index contributed by atoms with van der Waals surface area (Å²) in [5.74, 6) is 1.42. The molecule has 0 aliphatic carbocycles. The number of hydrogen-bond acceptors (Lipinski definition) is 7. The minimum atomic E-state index is 0.256. The smallest absolute Gasteiger partial charge is 0.276 e. The lowest BCUT2D eigenvalue weighted by atomic mass is 10.3. The molecule has 0 aliphatic rings. The third kappa shape index (κ3) is 4.93. The quantitative estimate of drug-likeness (QED) is 0.578. The van der Waals surface area contributed by atoms with Crippen molar-refractivity contribution >= 4 is 23.1 Å². The molecular weight excluding hydrogens is 282 g/mol. The van der Waals surface area contributed by atoms with Crippen molar-refractivity contribution in [3.63, 3.8) is 0 Å². The number of hydrogen-bond donors (Lipinski definition) is 0. The topological polar surface area (TPSA) is 61.0 Å². The summed E-state index contributed by atoms with van der Waals surface area (Å²) in [7, 11) is 0. The zero-order valence-electron chi connectivity index (χ0n) is 11.3. The van der Waals surface area contributed by atoms with Crippen LogP contribution in [0.25, 0.3) is 0 Å². The Bertz CT molecular complexity index is 511. The van der Waals surface area contributed by atoms with Crippen LogP contribution in [0.1, 0.15) is 30.4 Å². The molecule has 19 heavy (non-hydrogen) atoms. The maximum absolute atomic E-state index is 5.55. The zero-order chi connectivity index (χ0) is 13.7. The number of ether oxygens (including phenoxy) is 1. The lowest BCUT2D eigenvalue weighted by molar-refractivity contribution is 0.0919. The van der Waals surface area contributed by atoms with Gasteiger partial charge in [0.15, 0.2) is 0 Å². The van der Waals surface area contributed by atoms with Gasteiger partial charge < -0.3 is 9.15 Å². The van der Waals surface area contributed by atoms with Crippen molar-refractivity contribution in [3.8, 4) is 0 Å². The van der Waals surface area contributed by atoms with Gasteiger partial charge in [0.05, 0.1) is 29.8 Å². The molecule has 0 unspecified atom stereocenters. The fraction of sp³-hybridized carbons (Fsp3) is 0.583. The van der Waals surface area contributed by atoms with E-state index in [0.717, 1.165) is 16.5 Å². The van der Waals surface area contributed by atoms with E-state index in [2.05, 4.69) is 15.2 Å². The Morgan fingerprint density at radius 1 is 1.42 bits per heavy atom. The molecule has 0 aliphatic heterocycles. The van der Waals surface area contributed by atoms with Crippen molar-refractivity contribution in [2.45, 2.75) is 38.5 Å². The number of thiazole rings is 1. The first kappa shape index (κ1) is 14.5. The highest BCUT2D eigenvalue weighted by Crippen LogP contribution is 2.18. The third-order valence-corrected chi connectivity index (χ3v) is 3.81. The molecule has 2 heterocycles. The van der Waals surface area contributed by atoms with E-state index < -0.39 is 0 Å². The second-order valence-electron chi connectivity index (χ2n) is 4.26. The number of rotatable bonds is 7. The van der Waals surface area contributed by atoms with Gasteiger partial charge in [-0.25, -0.2) is 4.98 Å². The molecule has 0 bridgehead atoms. The highest BCUT2D eigenvalue weighted by atomic mass is 32.2. The van der Waals surface area contributed by atoms with E-state index in [1.807, 2.05) is 26.2 Å². The average molecular weight is 299 g/mol. The van der Waals surface area contributed by atoms with Crippen molar-refractivity contribution in [1.82, 2.24) is 15.2 Å². The van der Waals surface area contributed by atoms with Gasteiger partial charge in [-0.15, -0.1) is 21.5 Å². The van der Waals surface area contributed by atoms with Crippen LogP contribution < -0.4 is 0 Å². The Hall–Kier alpha value is -0.920. The summed E-state index contributed by atoms with van der Waals surface area (Å²) in [6.07, 6.45) is 0.854. The van der Waals surface area contributed by atoms with Crippen molar-refractivity contribution in [2.24, 2.45) is 0 Å². The molecule has 0 fully saturated rings. The number of aromatic nitrogens is 3. The predicted octanol–water partition coefficient (Wildman–Crippen LogP) is 2.94. The van der Waals surface area contributed by atoms with Gasteiger partial charge in [0.1, 0.15) is 0 Å². The Kier molecular flexibility index (Phi) is 5.35. The Morgan fingerprint density at radius 3 is 2.95 bits per heavy atom. The molecule has 5 nitrogen and oxygen atoms in total. The van der Waals surface area contributed by atoms with E-state index in [9.17, 15) is 0 Å². The number of nitrogens with zero attached hydrogens (tertiary/aromatic N) is 3. The van der Waals surface area contributed by atoms with Crippen LogP contribution in [0.5, 0.6) is 0 Å². The van der Waals surface area contributed by atoms with Crippen molar-refractivity contribution in [3.05, 3.63) is 22.0 Å². The molecule has 0 saturated heterocycles. The molecule has 0 amide bonds. The van der Waals surface area contributed by atoms with E-state index in [4.69, 9.17) is 9.15 Å². The number of thioether (sulfide) groups is 1. The van der Waals surface area contributed by atoms with E-state index in [0.29, 0.717) is 24.1 Å². The van der Waals surface area contributed by atoms with Gasteiger partial charge in [0.25, 0.3) is 5.22 Å². The lowest BCUT2D eigenvalue weighted by Crippen LogP contribution is -2.05. The van der Waals surface area contributed by atoms with Crippen LogP contribution in [0.2, 0.25) is 0 Å². The average Bonchev–Trinajstić information content (AvgIpc) is 2.95. The van der Waals surface area contributed by atoms with Gasteiger partial charge in [-0.1, -0.05) is 11.8 Å². The second kappa shape index (κ2) is 7.02. The molecule has 0 saturated carbocycles. The van der Waals surface area contributed by atoms with Gasteiger partial charge in [0.2, 0.25) is 5.89 Å². The van der Waals surface area contributed by atoms with Crippen molar-refractivity contribution in [2.75, 3.05) is 12.4 Å². The first-order valence-electron chi connectivity index (χ1n) is 6.11. The molecule has 0 spiro atoms. The highest BCUT2D eigenvalue weighted by Gasteiger charge is 2.09. The molecule has 0 atom stereocenters. The summed E-state index contributed by atoms with van der Waals surface area (Å²) < 4.78 is 11.0. The normalized spacial score (nSPS) is 11.4. The fourth-order valence-electron chi connectivity index (χ4n) is 1.43. The summed E-state index contributed by atoms with van der Waals surface area (Å²) >= 11 is 3.14. The summed E-state index contributed by atoms with van der Waals surface area (Å²) in [6, 6.07) is 0. The van der Waals surface area contributed by atoms with Crippen LogP contribution in [-0.2, 0) is 11.2 Å². The predicted molar refractivity (Wildman–Crippen MR) is 75.8 cm³/mol. The molecule has 0 aromatic carbocycles. The molecule has 2 aromatic rings. The summed E-state index contributed by atoms with van der Waals surface area (Å²) in [5, 5.41) is 11.7. The highest BCUT2D eigenvalue weighted by molar-refractivity contribution is 7.99. The molecule has 7 heteroatoms. The first-order chi connectivity index (χ1) is 9.13. The van der Waals surface area contributed by atoms with E-state index in [1.165, 1.54) is 11.8 Å². The van der Waals surface area contributed by atoms with Crippen LogP contribution >= 0.6 is 23.1 Å². The molecule has 2 rings (SSSR count). The van der Waals surface area contributed by atoms with E-state index >= 15 is 0 Å². The van der Waals surface area contributed by atoms with Crippen molar-refractivity contribution in [1.29, 1.82) is 0 Å². The fourth-order valence-corrected chi connectivity index (χ4v) is 2.65. The number of aryl methyl sites for hydroxylation is 1. The minimum Gasteiger partial charge on any atom is -0.416 e. The van der Waals surface area contributed by atoms with Gasteiger partial charge in [0, 0.05) is 11.1 Å². The van der Waals surface area contributed by atoms with Crippen LogP contribution in [0.15, 0.2) is 15.0 Å². The largest absolute Gasteiger partial charge is 0.416 e. The molecule has 104 valence electrons. The maximum atomic E-state index is 5.55. The molecule has 2 aromatic heterocycles. The van der Waals surface area contributed by atoms with E-state index in [-0.39, 0.29) is 6.10 Å². The van der Waals surface area contributed by atoms with Crippen LogP contribution in [-0.4, -0.2) is 33.6 Å². The van der Waals surface area contributed by atoms with Crippen LogP contribution in [0.4, 0.5) is 0 Å². The summed E-state index contributed by atoms with van der Waals surface area (Å²) in [4.78, 5) is 4.37. The first-order valence-corrected chi connectivity index (χ1v) is 7.98. The zero-order valence-corrected chi connectivity index (χ0v) is 12.9. The monoisotopic (exact) mass is 299 g/mol. The van der Waals surface area contributed by atoms with Gasteiger partial charge in [-0.2, -0.15) is 0 Å². The van der Waals surface area contributed by atoms with Gasteiger partial charge >= 0.3 is 0 Å². The summed E-state index contributed by atoms with van der Waals surface area (Å²) in [5.41, 5.74) is 0.978. The minimum absolute atomic E-state index is 0.256. The van der Waals surface area contributed by atoms with Crippen LogP contribution in [0, 0.1) is 6.92 Å². The molecule has 0 radical (unpaired) electrons. The molecule has 0 N–H and O–H groups in total. The molecular formula is C12H17N3O2S2. The maximum Gasteiger partial charge on any atom is 0.276 e. The van der Waals surface area contributed by atoms with Crippen molar-refractivity contribution < 1.29 is 9.15 Å². The standard InChI is InChI=1S/C12H17N3O2S2/c1-8(2)16-4-5-18-12-15-14-11(17-12)6-10-7-19-9(3)13-10/h7-8H,4-6H2,1-3H3. The third-order valence-electron chi connectivity index (χ3n) is 2.21. The Morgan fingerprint density at radius 2 is 2.26 bits per heavy atom. The lowest BCUT2D eigenvalue weighted by Gasteiger charge is -2.04. The van der Waals surface area contributed by atoms with Crippen LogP contribution in [0.3, 0.4) is 0 Å². The van der Waals surface area contributed by atoms with Gasteiger partial charge in [-0.3, -0.25) is 0 Å². The van der Waals surface area contributed by atoms with E-state index in [1.54, 1.807) is 11.3 Å². The SMILES string of the molecule is Cc1nc(Cc2nnc(SCCOC(C)C)o2)cs1. The Balaban J connectivity index is 1.78. The second-order valence-corrected chi connectivity index (χ2v) is 6.37. The summed E-state index contributed by atoms with van der Waals surface area (Å²) in [6.45, 7) is 6.71.